The van der Waals surface area contributed by atoms with Crippen LogP contribution in [0.15, 0.2) is 30.3 Å². The molecule has 3 amide bonds. The number of alkyl carbamates (subject to hydrolysis) is 1. The lowest BCUT2D eigenvalue weighted by Gasteiger charge is -2.37. The maximum Gasteiger partial charge on any atom is 0.408 e. The van der Waals surface area contributed by atoms with Gasteiger partial charge in [-0.3, -0.25) is 14.6 Å². The molecule has 10 heteroatoms. The van der Waals surface area contributed by atoms with Crippen molar-refractivity contribution in [2.24, 2.45) is 5.92 Å². The number of carbonyl (C=O) groups excluding carboxylic acids is 4. The van der Waals surface area contributed by atoms with Crippen molar-refractivity contribution < 1.29 is 28.7 Å². The van der Waals surface area contributed by atoms with Crippen LogP contribution >= 0.6 is 0 Å². The minimum atomic E-state index is -1.28. The van der Waals surface area contributed by atoms with Gasteiger partial charge in [-0.25, -0.2) is 14.6 Å². The van der Waals surface area contributed by atoms with E-state index < -0.39 is 58.7 Å². The minimum Gasteiger partial charge on any atom is -0.458 e. The molecule has 3 rings (SSSR count). The van der Waals surface area contributed by atoms with Gasteiger partial charge in [0.1, 0.15) is 23.3 Å². The van der Waals surface area contributed by atoms with Crippen molar-refractivity contribution in [3.8, 4) is 0 Å². The number of hydrogen-bond acceptors (Lipinski definition) is 7. The van der Waals surface area contributed by atoms with Gasteiger partial charge in [-0.1, -0.05) is 44.2 Å². The third kappa shape index (κ3) is 6.54. The number of nitrogens with zero attached hydrogens (tertiary/aromatic N) is 2. The fourth-order valence-corrected chi connectivity index (χ4v) is 5.25. The van der Waals surface area contributed by atoms with Gasteiger partial charge in [-0.2, -0.15) is 0 Å². The summed E-state index contributed by atoms with van der Waals surface area (Å²) in [6.07, 6.45) is -0.382. The highest BCUT2D eigenvalue weighted by atomic mass is 16.6. The number of nitrogens with one attached hydrogen (secondary N) is 2. The van der Waals surface area contributed by atoms with Crippen LogP contribution in [-0.2, 0) is 23.9 Å². The normalized spacial score (nSPS) is 26.3. The topological polar surface area (TPSA) is 117 Å². The Morgan fingerprint density at radius 3 is 2.05 bits per heavy atom. The molecule has 0 bridgehead atoms. The van der Waals surface area contributed by atoms with Crippen LogP contribution in [0, 0.1) is 5.92 Å². The number of esters is 1. The van der Waals surface area contributed by atoms with Crippen molar-refractivity contribution in [2.45, 2.75) is 117 Å². The van der Waals surface area contributed by atoms with Crippen molar-refractivity contribution in [3.63, 3.8) is 0 Å². The molecule has 5 atom stereocenters. The zero-order chi connectivity index (χ0) is 29.5. The first-order valence-corrected chi connectivity index (χ1v) is 13.6. The van der Waals surface area contributed by atoms with Gasteiger partial charge in [0.25, 0.3) is 5.91 Å². The van der Waals surface area contributed by atoms with Crippen molar-refractivity contribution in [1.29, 1.82) is 0 Å². The Bertz CT molecular complexity index is 1090. The van der Waals surface area contributed by atoms with Crippen LogP contribution in [0.1, 0.15) is 87.3 Å². The molecule has 1 aromatic carbocycles. The van der Waals surface area contributed by atoms with Gasteiger partial charge in [0.15, 0.2) is 5.54 Å². The number of hydrazine groups is 1. The molecule has 2 heterocycles. The molecule has 0 unspecified atom stereocenters. The summed E-state index contributed by atoms with van der Waals surface area (Å²) in [5.74, 6) is -1.48. The van der Waals surface area contributed by atoms with E-state index >= 15 is 0 Å². The molecule has 2 saturated heterocycles. The summed E-state index contributed by atoms with van der Waals surface area (Å²) in [6, 6.07) is 7.10. The highest BCUT2D eigenvalue weighted by Gasteiger charge is 2.65. The lowest BCUT2D eigenvalue weighted by molar-refractivity contribution is -0.178. The lowest BCUT2D eigenvalue weighted by atomic mass is 9.87. The highest BCUT2D eigenvalue weighted by Crippen LogP contribution is 2.50. The smallest absolute Gasteiger partial charge is 0.408 e. The largest absolute Gasteiger partial charge is 0.458 e. The predicted molar refractivity (Wildman–Crippen MR) is 146 cm³/mol. The fraction of sp³-hybridized carbons (Fsp3) is 0.655. The van der Waals surface area contributed by atoms with Crippen LogP contribution in [0.25, 0.3) is 0 Å². The van der Waals surface area contributed by atoms with Crippen LogP contribution < -0.4 is 10.6 Å². The van der Waals surface area contributed by atoms with Crippen LogP contribution in [0.3, 0.4) is 0 Å². The third-order valence-electron chi connectivity index (χ3n) is 6.86. The molecule has 2 aliphatic heterocycles. The molecule has 0 aromatic heterocycles. The molecule has 0 radical (unpaired) electrons. The van der Waals surface area contributed by atoms with Gasteiger partial charge in [-0.05, 0) is 66.9 Å². The summed E-state index contributed by atoms with van der Waals surface area (Å²) in [7, 11) is 0. The van der Waals surface area contributed by atoms with E-state index in [2.05, 4.69) is 10.6 Å². The maximum absolute atomic E-state index is 14.1. The van der Waals surface area contributed by atoms with E-state index in [4.69, 9.17) is 9.47 Å². The minimum absolute atomic E-state index is 0.0643. The van der Waals surface area contributed by atoms with Crippen molar-refractivity contribution in [2.75, 3.05) is 0 Å². The highest BCUT2D eigenvalue weighted by molar-refractivity contribution is 5.96. The van der Waals surface area contributed by atoms with E-state index in [1.807, 2.05) is 49.2 Å². The monoisotopic (exact) mass is 544 g/mol. The second-order valence-electron chi connectivity index (χ2n) is 13.0. The first-order chi connectivity index (χ1) is 17.9. The zero-order valence-corrected chi connectivity index (χ0v) is 24.8. The summed E-state index contributed by atoms with van der Waals surface area (Å²) >= 11 is 0. The number of carbonyl (C=O) groups is 4. The Balaban J connectivity index is 1.96. The van der Waals surface area contributed by atoms with Gasteiger partial charge < -0.3 is 20.1 Å². The Kier molecular flexibility index (Phi) is 8.41. The first-order valence-electron chi connectivity index (χ1n) is 13.6. The van der Waals surface area contributed by atoms with E-state index in [1.165, 1.54) is 11.9 Å². The molecule has 2 aliphatic rings. The first kappa shape index (κ1) is 30.4. The van der Waals surface area contributed by atoms with Crippen molar-refractivity contribution >= 4 is 23.9 Å². The van der Waals surface area contributed by atoms with E-state index in [0.717, 1.165) is 5.56 Å². The van der Waals surface area contributed by atoms with Crippen LogP contribution in [0.2, 0.25) is 0 Å². The molecule has 2 fully saturated rings. The number of rotatable bonds is 6. The predicted octanol–water partition coefficient (Wildman–Crippen LogP) is 3.71. The standard InChI is InChI=1S/C29H44N4O6/c1-17(2)22-21(31-23(34)18(3)30-26(37)39-28(7,8)9)24(35)33-29(10,25(36)38-27(4,5)6)16-20(32(22)33)19-14-12-11-13-15-19/h11-15,17-18,20-22H,16H2,1-10H3,(H,30,37)(H,31,34)/t18-,20+,21+,22+,29+/m0/s1. The van der Waals surface area contributed by atoms with Crippen molar-refractivity contribution in [1.82, 2.24) is 20.7 Å². The number of amides is 3. The molecule has 2 N–H and O–H groups in total. The molecular weight excluding hydrogens is 500 g/mol. The van der Waals surface area contributed by atoms with E-state index in [1.54, 1.807) is 48.5 Å². The molecule has 216 valence electrons. The van der Waals surface area contributed by atoms with E-state index in [-0.39, 0.29) is 12.0 Å². The summed E-state index contributed by atoms with van der Waals surface area (Å²) in [4.78, 5) is 53.1. The quantitative estimate of drug-likeness (QED) is 0.524. The van der Waals surface area contributed by atoms with Gasteiger partial charge in [0, 0.05) is 6.42 Å². The molecule has 0 aliphatic carbocycles. The second kappa shape index (κ2) is 10.8. The lowest BCUT2D eigenvalue weighted by Crippen LogP contribution is -2.57. The van der Waals surface area contributed by atoms with Gasteiger partial charge >= 0.3 is 12.1 Å². The maximum atomic E-state index is 14.1. The van der Waals surface area contributed by atoms with E-state index in [9.17, 15) is 19.2 Å². The average molecular weight is 545 g/mol. The Morgan fingerprint density at radius 2 is 1.54 bits per heavy atom. The number of hydrogen-bond donors (Lipinski definition) is 2. The Morgan fingerprint density at radius 1 is 0.974 bits per heavy atom. The number of ether oxygens (including phenoxy) is 2. The molecule has 0 saturated carbocycles. The summed E-state index contributed by atoms with van der Waals surface area (Å²) < 4.78 is 11.1. The van der Waals surface area contributed by atoms with Gasteiger partial charge in [0.05, 0.1) is 12.1 Å². The van der Waals surface area contributed by atoms with Crippen molar-refractivity contribution in [3.05, 3.63) is 35.9 Å². The Hall–Kier alpha value is -3.14. The zero-order valence-electron chi connectivity index (χ0n) is 24.8. The number of fused-ring (bicyclic) bond motifs is 1. The third-order valence-corrected chi connectivity index (χ3v) is 6.86. The molecule has 10 nitrogen and oxygen atoms in total. The SMILES string of the molecule is CC(C)[C@@H]1[C@@H](NC(=O)[C@H](C)NC(=O)OC(C)(C)C)C(=O)N2N1[C@@H](c1ccccc1)C[C@]2(C)C(=O)OC(C)(C)C. The average Bonchev–Trinajstić information content (AvgIpc) is 3.25. The summed E-state index contributed by atoms with van der Waals surface area (Å²) in [6.45, 7) is 17.8. The van der Waals surface area contributed by atoms with Crippen LogP contribution in [0.5, 0.6) is 0 Å². The van der Waals surface area contributed by atoms with Crippen LogP contribution in [-0.4, -0.2) is 68.8 Å². The molecule has 39 heavy (non-hydrogen) atoms. The molecule has 1 aromatic rings. The Labute approximate surface area is 231 Å². The van der Waals surface area contributed by atoms with Crippen LogP contribution in [0.4, 0.5) is 4.79 Å². The fourth-order valence-electron chi connectivity index (χ4n) is 5.25. The van der Waals surface area contributed by atoms with Gasteiger partial charge in [-0.15, -0.1) is 0 Å². The second-order valence-corrected chi connectivity index (χ2v) is 13.0. The molecular formula is C29H44N4O6. The summed E-state index contributed by atoms with van der Waals surface area (Å²) in [5, 5.41) is 8.84. The number of benzene rings is 1. The van der Waals surface area contributed by atoms with E-state index in [0.29, 0.717) is 6.42 Å². The summed E-state index contributed by atoms with van der Waals surface area (Å²) in [5.41, 5.74) is -1.79. The van der Waals surface area contributed by atoms with Gasteiger partial charge in [0.2, 0.25) is 5.91 Å². The molecule has 0 spiro atoms.